The fraction of sp³-hybridized carbons (Fsp3) is 0.600. The van der Waals surface area contributed by atoms with Crippen LogP contribution in [0, 0.1) is 5.92 Å². The Bertz CT molecular complexity index is 632. The zero-order chi connectivity index (χ0) is 18.5. The van der Waals surface area contributed by atoms with Crippen LogP contribution >= 0.6 is 12.4 Å². The van der Waals surface area contributed by atoms with Crippen LogP contribution in [0.1, 0.15) is 31.7 Å². The van der Waals surface area contributed by atoms with Crippen molar-refractivity contribution >= 4 is 24.2 Å². The second kappa shape index (κ2) is 9.95. The molecule has 2 heterocycles. The highest BCUT2D eigenvalue weighted by molar-refractivity contribution is 5.89. The van der Waals surface area contributed by atoms with Crippen molar-refractivity contribution in [1.29, 1.82) is 0 Å². The molecule has 2 saturated heterocycles. The van der Waals surface area contributed by atoms with Crippen LogP contribution in [0.3, 0.4) is 0 Å². The number of methoxy groups -OCH3 is 1. The molecule has 0 radical (unpaired) electrons. The fourth-order valence-corrected chi connectivity index (χ4v) is 3.90. The lowest BCUT2D eigenvalue weighted by Crippen LogP contribution is -2.45. The van der Waals surface area contributed by atoms with Crippen molar-refractivity contribution in [3.63, 3.8) is 0 Å². The Labute approximate surface area is 167 Å². The molecule has 0 bridgehead atoms. The van der Waals surface area contributed by atoms with Gasteiger partial charge in [0.15, 0.2) is 0 Å². The molecule has 1 aromatic carbocycles. The van der Waals surface area contributed by atoms with E-state index in [1.54, 1.807) is 12.0 Å². The van der Waals surface area contributed by atoms with Gasteiger partial charge in [-0.25, -0.2) is 0 Å². The monoisotopic (exact) mass is 395 g/mol. The third kappa shape index (κ3) is 5.14. The van der Waals surface area contributed by atoms with Crippen LogP contribution in [0.5, 0.6) is 5.75 Å². The van der Waals surface area contributed by atoms with Gasteiger partial charge in [0.1, 0.15) is 5.75 Å². The van der Waals surface area contributed by atoms with Gasteiger partial charge in [0.25, 0.3) is 0 Å². The van der Waals surface area contributed by atoms with E-state index in [-0.39, 0.29) is 36.2 Å². The molecule has 2 atom stereocenters. The lowest BCUT2D eigenvalue weighted by molar-refractivity contribution is -0.137. The molecular formula is C20H30ClN3O3. The predicted octanol–water partition coefficient (Wildman–Crippen LogP) is 2.07. The van der Waals surface area contributed by atoms with Crippen molar-refractivity contribution in [3.8, 4) is 5.75 Å². The van der Waals surface area contributed by atoms with E-state index < -0.39 is 0 Å². The van der Waals surface area contributed by atoms with Crippen LogP contribution in [0.4, 0.5) is 0 Å². The number of hydrogen-bond acceptors (Lipinski definition) is 4. The second-order valence-electron chi connectivity index (χ2n) is 7.20. The molecule has 2 amide bonds. The summed E-state index contributed by atoms with van der Waals surface area (Å²) in [5, 5.41) is 3.33. The number of ether oxygens (including phenoxy) is 1. The Hall–Kier alpha value is -1.79. The van der Waals surface area contributed by atoms with Crippen LogP contribution in [0.25, 0.3) is 0 Å². The molecule has 150 valence electrons. The summed E-state index contributed by atoms with van der Waals surface area (Å²) in [5.74, 6) is 0.800. The number of nitrogens with zero attached hydrogens (tertiary/aromatic N) is 2. The number of halogens is 1. The van der Waals surface area contributed by atoms with Crippen molar-refractivity contribution in [3.05, 3.63) is 29.8 Å². The SMILES string of the molecule is CCCN(C(=O)C1CC(=O)N(Cc2ccc(OC)cc2)C1)C1CCNC1.Cl. The number of nitrogens with one attached hydrogen (secondary N) is 1. The predicted molar refractivity (Wildman–Crippen MR) is 107 cm³/mol. The van der Waals surface area contributed by atoms with Crippen molar-refractivity contribution in [2.45, 2.75) is 38.8 Å². The summed E-state index contributed by atoms with van der Waals surface area (Å²) in [6.07, 6.45) is 2.27. The third-order valence-electron chi connectivity index (χ3n) is 5.32. The number of rotatable bonds is 7. The summed E-state index contributed by atoms with van der Waals surface area (Å²) in [7, 11) is 1.64. The Morgan fingerprint density at radius 1 is 1.33 bits per heavy atom. The molecule has 2 fully saturated rings. The molecule has 0 spiro atoms. The molecule has 3 rings (SSSR count). The topological polar surface area (TPSA) is 61.9 Å². The van der Waals surface area contributed by atoms with Gasteiger partial charge in [0, 0.05) is 38.6 Å². The molecule has 1 aromatic rings. The number of likely N-dealkylation sites (tertiary alicyclic amines) is 1. The van der Waals surface area contributed by atoms with E-state index in [4.69, 9.17) is 4.74 Å². The summed E-state index contributed by atoms with van der Waals surface area (Å²) < 4.78 is 5.17. The Morgan fingerprint density at radius 2 is 2.07 bits per heavy atom. The molecule has 1 N–H and O–H groups in total. The van der Waals surface area contributed by atoms with Crippen LogP contribution in [-0.4, -0.2) is 60.9 Å². The summed E-state index contributed by atoms with van der Waals surface area (Å²) >= 11 is 0. The van der Waals surface area contributed by atoms with E-state index in [9.17, 15) is 9.59 Å². The van der Waals surface area contributed by atoms with Crippen LogP contribution in [0.2, 0.25) is 0 Å². The summed E-state index contributed by atoms with van der Waals surface area (Å²) in [4.78, 5) is 29.3. The first kappa shape index (κ1) is 21.5. The zero-order valence-corrected chi connectivity index (χ0v) is 17.0. The molecular weight excluding hydrogens is 366 g/mol. The van der Waals surface area contributed by atoms with Gasteiger partial charge in [-0.2, -0.15) is 0 Å². The first-order chi connectivity index (χ1) is 12.6. The lowest BCUT2D eigenvalue weighted by Gasteiger charge is -2.30. The summed E-state index contributed by atoms with van der Waals surface area (Å²) in [5.41, 5.74) is 1.05. The standard InChI is InChI=1S/C20H29N3O3.ClH/c1-3-10-23(17-8-9-21-12-17)20(25)16-11-19(24)22(14-16)13-15-4-6-18(26-2)7-5-15;/h4-7,16-17,21H,3,8-14H2,1-2H3;1H. The number of carbonyl (C=O) groups is 2. The molecule has 2 aliphatic heterocycles. The lowest BCUT2D eigenvalue weighted by atomic mass is 10.0. The van der Waals surface area contributed by atoms with Crippen LogP contribution in [0.15, 0.2) is 24.3 Å². The first-order valence-electron chi connectivity index (χ1n) is 9.54. The quantitative estimate of drug-likeness (QED) is 0.767. The van der Waals surface area contributed by atoms with Crippen molar-refractivity contribution < 1.29 is 14.3 Å². The van der Waals surface area contributed by atoms with E-state index in [0.717, 1.165) is 43.8 Å². The fourth-order valence-electron chi connectivity index (χ4n) is 3.90. The Morgan fingerprint density at radius 3 is 2.67 bits per heavy atom. The van der Waals surface area contributed by atoms with Crippen LogP contribution < -0.4 is 10.1 Å². The third-order valence-corrected chi connectivity index (χ3v) is 5.32. The van der Waals surface area contributed by atoms with Gasteiger partial charge in [0.2, 0.25) is 11.8 Å². The zero-order valence-electron chi connectivity index (χ0n) is 16.1. The van der Waals surface area contributed by atoms with Crippen molar-refractivity contribution in [1.82, 2.24) is 15.1 Å². The minimum absolute atomic E-state index is 0. The normalized spacial score (nSPS) is 21.9. The van der Waals surface area contributed by atoms with E-state index in [1.807, 2.05) is 29.2 Å². The van der Waals surface area contributed by atoms with Crippen molar-refractivity contribution in [2.75, 3.05) is 33.3 Å². The van der Waals surface area contributed by atoms with E-state index in [0.29, 0.717) is 19.5 Å². The van der Waals surface area contributed by atoms with Crippen LogP contribution in [-0.2, 0) is 16.1 Å². The Balaban J connectivity index is 0.00000261. The highest BCUT2D eigenvalue weighted by Crippen LogP contribution is 2.25. The average Bonchev–Trinajstić information content (AvgIpc) is 3.30. The first-order valence-corrected chi connectivity index (χ1v) is 9.54. The summed E-state index contributed by atoms with van der Waals surface area (Å²) in [6.45, 7) is 5.76. The maximum atomic E-state index is 13.1. The smallest absolute Gasteiger partial charge is 0.228 e. The molecule has 0 saturated carbocycles. The van der Waals surface area contributed by atoms with Gasteiger partial charge in [-0.3, -0.25) is 9.59 Å². The van der Waals surface area contributed by atoms with Gasteiger partial charge < -0.3 is 19.9 Å². The minimum Gasteiger partial charge on any atom is -0.497 e. The summed E-state index contributed by atoms with van der Waals surface area (Å²) in [6, 6.07) is 8.00. The molecule has 0 aromatic heterocycles. The van der Waals surface area contributed by atoms with E-state index in [1.165, 1.54) is 0 Å². The van der Waals surface area contributed by atoms with Crippen molar-refractivity contribution in [2.24, 2.45) is 5.92 Å². The number of benzene rings is 1. The molecule has 6 nitrogen and oxygen atoms in total. The molecule has 27 heavy (non-hydrogen) atoms. The second-order valence-corrected chi connectivity index (χ2v) is 7.20. The van der Waals surface area contributed by atoms with Gasteiger partial charge in [0.05, 0.1) is 13.0 Å². The highest BCUT2D eigenvalue weighted by Gasteiger charge is 2.38. The molecule has 2 unspecified atom stereocenters. The molecule has 0 aliphatic carbocycles. The van der Waals surface area contributed by atoms with E-state index >= 15 is 0 Å². The number of hydrogen-bond donors (Lipinski definition) is 1. The maximum Gasteiger partial charge on any atom is 0.228 e. The largest absolute Gasteiger partial charge is 0.497 e. The number of carbonyl (C=O) groups excluding carboxylic acids is 2. The minimum atomic E-state index is -0.215. The van der Waals surface area contributed by atoms with Gasteiger partial charge in [-0.1, -0.05) is 19.1 Å². The van der Waals surface area contributed by atoms with Gasteiger partial charge >= 0.3 is 0 Å². The van der Waals surface area contributed by atoms with E-state index in [2.05, 4.69) is 12.2 Å². The molecule has 7 heteroatoms. The Kier molecular flexibility index (Phi) is 7.92. The van der Waals surface area contributed by atoms with Gasteiger partial charge in [-0.05, 0) is 37.1 Å². The molecule has 2 aliphatic rings. The van der Waals surface area contributed by atoms with Gasteiger partial charge in [-0.15, -0.1) is 12.4 Å². The highest BCUT2D eigenvalue weighted by atomic mass is 35.5. The number of amides is 2. The average molecular weight is 396 g/mol. The maximum absolute atomic E-state index is 13.1.